The Hall–Kier alpha value is -0.950. The fraction of sp³-hybridized carbons (Fsp3) is 0.833. The molecule has 0 aliphatic heterocycles. The molecule has 0 amide bonds. The van der Waals surface area contributed by atoms with E-state index in [4.69, 9.17) is 4.52 Å². The Morgan fingerprint density at radius 3 is 2.58 bits per heavy atom. The number of sulfone groups is 1. The molecule has 1 aliphatic carbocycles. The van der Waals surface area contributed by atoms with E-state index in [1.165, 1.54) is 6.26 Å². The SMILES string of the molecule is CCNC1CCC(c2nc(CS(C)(=O)=O)no2)CC1. The molecule has 1 aromatic heterocycles. The third-order valence-electron chi connectivity index (χ3n) is 3.44. The molecule has 0 aromatic carbocycles. The first-order valence-electron chi connectivity index (χ1n) is 6.71. The summed E-state index contributed by atoms with van der Waals surface area (Å²) in [5.74, 6) is 0.985. The molecule has 7 heteroatoms. The monoisotopic (exact) mass is 287 g/mol. The molecule has 1 saturated carbocycles. The van der Waals surface area contributed by atoms with Gasteiger partial charge in [0.15, 0.2) is 15.7 Å². The summed E-state index contributed by atoms with van der Waals surface area (Å²) < 4.78 is 27.5. The first kappa shape index (κ1) is 14.5. The van der Waals surface area contributed by atoms with E-state index in [1.54, 1.807) is 0 Å². The van der Waals surface area contributed by atoms with Crippen molar-refractivity contribution in [3.8, 4) is 0 Å². The maximum absolute atomic E-state index is 11.2. The van der Waals surface area contributed by atoms with Gasteiger partial charge in [-0.25, -0.2) is 8.42 Å². The summed E-state index contributed by atoms with van der Waals surface area (Å²) in [5.41, 5.74) is 0. The molecule has 0 unspecified atom stereocenters. The van der Waals surface area contributed by atoms with Gasteiger partial charge in [0.1, 0.15) is 5.75 Å². The van der Waals surface area contributed by atoms with Crippen LogP contribution >= 0.6 is 0 Å². The Labute approximate surface area is 113 Å². The van der Waals surface area contributed by atoms with Crippen LogP contribution in [0.5, 0.6) is 0 Å². The zero-order valence-corrected chi connectivity index (χ0v) is 12.2. The molecule has 1 aliphatic rings. The minimum Gasteiger partial charge on any atom is -0.339 e. The molecule has 0 bridgehead atoms. The molecule has 0 spiro atoms. The van der Waals surface area contributed by atoms with Crippen molar-refractivity contribution in [1.29, 1.82) is 0 Å². The van der Waals surface area contributed by atoms with Crippen molar-refractivity contribution >= 4 is 9.84 Å². The minimum atomic E-state index is -3.11. The summed E-state index contributed by atoms with van der Waals surface area (Å²) in [4.78, 5) is 4.21. The average Bonchev–Trinajstić information content (AvgIpc) is 2.76. The molecule has 1 heterocycles. The second kappa shape index (κ2) is 6.00. The average molecular weight is 287 g/mol. The normalized spacial score (nSPS) is 24.5. The molecule has 0 radical (unpaired) electrons. The Balaban J connectivity index is 1.93. The quantitative estimate of drug-likeness (QED) is 0.877. The Morgan fingerprint density at radius 2 is 2.00 bits per heavy atom. The van der Waals surface area contributed by atoms with Gasteiger partial charge in [-0.05, 0) is 32.2 Å². The van der Waals surface area contributed by atoms with Crippen LogP contribution in [0.1, 0.15) is 50.2 Å². The van der Waals surface area contributed by atoms with Gasteiger partial charge >= 0.3 is 0 Å². The Bertz CT molecular complexity index is 504. The molecule has 108 valence electrons. The van der Waals surface area contributed by atoms with Crippen molar-refractivity contribution in [3.63, 3.8) is 0 Å². The van der Waals surface area contributed by atoms with Crippen molar-refractivity contribution in [1.82, 2.24) is 15.5 Å². The highest BCUT2D eigenvalue weighted by molar-refractivity contribution is 7.89. The molecule has 2 rings (SSSR count). The summed E-state index contributed by atoms with van der Waals surface area (Å²) >= 11 is 0. The van der Waals surface area contributed by atoms with E-state index >= 15 is 0 Å². The van der Waals surface area contributed by atoms with Crippen LogP contribution in [0.3, 0.4) is 0 Å². The van der Waals surface area contributed by atoms with Crippen LogP contribution < -0.4 is 5.32 Å². The standard InChI is InChI=1S/C12H21N3O3S/c1-3-13-10-6-4-9(5-7-10)12-14-11(15-18-12)8-19(2,16)17/h9-10,13H,3-8H2,1-2H3. The number of rotatable bonds is 5. The van der Waals surface area contributed by atoms with Crippen LogP contribution in [0.15, 0.2) is 4.52 Å². The topological polar surface area (TPSA) is 85.1 Å². The zero-order valence-electron chi connectivity index (χ0n) is 11.4. The third kappa shape index (κ3) is 4.28. The van der Waals surface area contributed by atoms with E-state index in [0.717, 1.165) is 32.2 Å². The number of hydrogen-bond acceptors (Lipinski definition) is 6. The Morgan fingerprint density at radius 1 is 1.32 bits per heavy atom. The summed E-state index contributed by atoms with van der Waals surface area (Å²) in [7, 11) is -3.11. The molecule has 1 N–H and O–H groups in total. The third-order valence-corrected chi connectivity index (χ3v) is 4.23. The molecule has 0 atom stereocenters. The van der Waals surface area contributed by atoms with Gasteiger partial charge in [0, 0.05) is 18.2 Å². The van der Waals surface area contributed by atoms with Crippen LogP contribution in [0.25, 0.3) is 0 Å². The van der Waals surface area contributed by atoms with E-state index in [-0.39, 0.29) is 17.5 Å². The van der Waals surface area contributed by atoms with Gasteiger partial charge in [-0.2, -0.15) is 4.98 Å². The lowest BCUT2D eigenvalue weighted by Gasteiger charge is -2.26. The summed E-state index contributed by atoms with van der Waals surface area (Å²) in [6.45, 7) is 3.11. The molecular formula is C12H21N3O3S. The van der Waals surface area contributed by atoms with Crippen LogP contribution in [0, 0.1) is 0 Å². The van der Waals surface area contributed by atoms with Crippen LogP contribution in [0.2, 0.25) is 0 Å². The van der Waals surface area contributed by atoms with Crippen molar-refractivity contribution < 1.29 is 12.9 Å². The lowest BCUT2D eigenvalue weighted by Crippen LogP contribution is -2.32. The molecule has 0 saturated heterocycles. The van der Waals surface area contributed by atoms with Gasteiger partial charge in [0.25, 0.3) is 0 Å². The smallest absolute Gasteiger partial charge is 0.229 e. The summed E-state index contributed by atoms with van der Waals surface area (Å²) in [6.07, 6.45) is 5.39. The van der Waals surface area contributed by atoms with E-state index in [9.17, 15) is 8.42 Å². The highest BCUT2D eigenvalue weighted by atomic mass is 32.2. The van der Waals surface area contributed by atoms with Gasteiger partial charge in [-0.1, -0.05) is 12.1 Å². The number of hydrogen-bond donors (Lipinski definition) is 1. The number of nitrogens with one attached hydrogen (secondary N) is 1. The highest BCUT2D eigenvalue weighted by Gasteiger charge is 2.26. The predicted octanol–water partition coefficient (Wildman–Crippen LogP) is 1.25. The first-order valence-corrected chi connectivity index (χ1v) is 8.77. The summed E-state index contributed by atoms with van der Waals surface area (Å²) in [5, 5.41) is 7.20. The maximum Gasteiger partial charge on any atom is 0.229 e. The zero-order chi connectivity index (χ0) is 13.9. The minimum absolute atomic E-state index is 0.150. The van der Waals surface area contributed by atoms with Gasteiger partial charge in [0.05, 0.1) is 0 Å². The van der Waals surface area contributed by atoms with Crippen molar-refractivity contribution in [3.05, 3.63) is 11.7 Å². The second-order valence-corrected chi connectivity index (χ2v) is 7.37. The van der Waals surface area contributed by atoms with Crippen LogP contribution in [0.4, 0.5) is 0 Å². The largest absolute Gasteiger partial charge is 0.339 e. The van der Waals surface area contributed by atoms with Crippen LogP contribution in [-0.4, -0.2) is 37.4 Å². The van der Waals surface area contributed by atoms with E-state index in [2.05, 4.69) is 22.4 Å². The molecule has 1 aromatic rings. The molecule has 6 nitrogen and oxygen atoms in total. The van der Waals surface area contributed by atoms with Crippen molar-refractivity contribution in [2.75, 3.05) is 12.8 Å². The fourth-order valence-corrected chi connectivity index (χ4v) is 3.15. The summed E-state index contributed by atoms with van der Waals surface area (Å²) in [6, 6.07) is 0.583. The number of aromatic nitrogens is 2. The highest BCUT2D eigenvalue weighted by Crippen LogP contribution is 2.31. The van der Waals surface area contributed by atoms with Crippen molar-refractivity contribution in [2.24, 2.45) is 0 Å². The predicted molar refractivity (Wildman–Crippen MR) is 71.5 cm³/mol. The molecule has 1 fully saturated rings. The Kier molecular flexibility index (Phi) is 4.57. The van der Waals surface area contributed by atoms with E-state index in [1.807, 2.05) is 0 Å². The first-order chi connectivity index (χ1) is 8.98. The molecular weight excluding hydrogens is 266 g/mol. The lowest BCUT2D eigenvalue weighted by molar-refractivity contribution is 0.284. The van der Waals surface area contributed by atoms with Gasteiger partial charge < -0.3 is 9.84 Å². The second-order valence-electron chi connectivity index (χ2n) is 5.23. The van der Waals surface area contributed by atoms with Crippen molar-refractivity contribution in [2.45, 2.75) is 50.3 Å². The lowest BCUT2D eigenvalue weighted by atomic mass is 9.86. The maximum atomic E-state index is 11.2. The number of nitrogens with zero attached hydrogens (tertiary/aromatic N) is 2. The van der Waals surface area contributed by atoms with Gasteiger partial charge in [-0.15, -0.1) is 0 Å². The fourth-order valence-electron chi connectivity index (χ4n) is 2.56. The van der Waals surface area contributed by atoms with Crippen LogP contribution in [-0.2, 0) is 15.6 Å². The molecule has 19 heavy (non-hydrogen) atoms. The van der Waals surface area contributed by atoms with E-state index < -0.39 is 9.84 Å². The van der Waals surface area contributed by atoms with E-state index in [0.29, 0.717) is 11.9 Å². The van der Waals surface area contributed by atoms with Gasteiger partial charge in [0.2, 0.25) is 5.89 Å². The van der Waals surface area contributed by atoms with Gasteiger partial charge in [-0.3, -0.25) is 0 Å².